The third-order valence-electron chi connectivity index (χ3n) is 4.90. The highest BCUT2D eigenvalue weighted by Crippen LogP contribution is 2.40. The van der Waals surface area contributed by atoms with E-state index in [0.29, 0.717) is 17.0 Å². The van der Waals surface area contributed by atoms with E-state index in [0.717, 1.165) is 24.5 Å². The summed E-state index contributed by atoms with van der Waals surface area (Å²) in [5.74, 6) is 1.36. The minimum absolute atomic E-state index is 0.111. The first-order valence-corrected chi connectivity index (χ1v) is 7.87. The van der Waals surface area contributed by atoms with Gasteiger partial charge in [0.15, 0.2) is 0 Å². The molecular formula is C15H19ClN4O. The van der Waals surface area contributed by atoms with Gasteiger partial charge in [0.25, 0.3) is 6.02 Å². The number of hydrogen-bond donors (Lipinski definition) is 1. The molecule has 21 heavy (non-hydrogen) atoms. The van der Waals surface area contributed by atoms with Gasteiger partial charge in [0, 0.05) is 18.7 Å². The van der Waals surface area contributed by atoms with Gasteiger partial charge in [-0.3, -0.25) is 10.2 Å². The molecule has 6 heteroatoms. The largest absolute Gasteiger partial charge is 0.455 e. The van der Waals surface area contributed by atoms with E-state index in [2.05, 4.69) is 20.2 Å². The molecule has 2 bridgehead atoms. The van der Waals surface area contributed by atoms with Crippen LogP contribution in [0.15, 0.2) is 17.3 Å². The number of pyridine rings is 1. The monoisotopic (exact) mass is 306 g/mol. The van der Waals surface area contributed by atoms with Crippen LogP contribution in [0, 0.1) is 12.8 Å². The lowest BCUT2D eigenvalue weighted by Crippen LogP contribution is -2.61. The number of hydrogen-bond acceptors (Lipinski definition) is 5. The number of rotatable bonds is 1. The molecule has 1 atom stereocenters. The van der Waals surface area contributed by atoms with E-state index >= 15 is 0 Å². The fourth-order valence-corrected chi connectivity index (χ4v) is 3.77. The van der Waals surface area contributed by atoms with Gasteiger partial charge in [0.2, 0.25) is 0 Å². The second kappa shape index (κ2) is 4.85. The number of nitrogens with zero attached hydrogens (tertiary/aromatic N) is 3. The molecule has 1 spiro atoms. The summed E-state index contributed by atoms with van der Waals surface area (Å²) in [6.45, 7) is 6.12. The van der Waals surface area contributed by atoms with Gasteiger partial charge in [0.05, 0.1) is 11.6 Å². The van der Waals surface area contributed by atoms with E-state index < -0.39 is 0 Å². The Bertz CT molecular complexity index is 597. The van der Waals surface area contributed by atoms with Crippen molar-refractivity contribution in [2.75, 3.05) is 31.5 Å². The molecule has 0 unspecified atom stereocenters. The Hall–Kier alpha value is -1.33. The number of aryl methyl sites for hydroxylation is 1. The van der Waals surface area contributed by atoms with Crippen LogP contribution < -0.4 is 5.32 Å². The highest BCUT2D eigenvalue weighted by Gasteiger charge is 2.51. The van der Waals surface area contributed by atoms with Gasteiger partial charge in [-0.2, -0.15) is 0 Å². The van der Waals surface area contributed by atoms with Crippen molar-refractivity contribution in [3.8, 4) is 0 Å². The van der Waals surface area contributed by atoms with Crippen molar-refractivity contribution in [2.45, 2.75) is 25.4 Å². The van der Waals surface area contributed by atoms with Crippen LogP contribution in [0.1, 0.15) is 18.4 Å². The van der Waals surface area contributed by atoms with Crippen LogP contribution >= 0.6 is 11.6 Å². The van der Waals surface area contributed by atoms with E-state index in [4.69, 9.17) is 16.3 Å². The quantitative estimate of drug-likeness (QED) is 0.865. The first-order chi connectivity index (χ1) is 10.1. The zero-order chi connectivity index (χ0) is 14.4. The Morgan fingerprint density at radius 2 is 2.24 bits per heavy atom. The van der Waals surface area contributed by atoms with Crippen LogP contribution in [-0.4, -0.2) is 47.7 Å². The standard InChI is InChI=1S/C15H19ClN4O/c1-10-6-13(17-7-12(10)16)19-14-18-8-15(21-14)9-20-4-2-11(15)3-5-20/h6-7,11H,2-5,8-9H2,1H3,(H,17,18,19)/t15-/m1/s1. The molecule has 1 aromatic rings. The summed E-state index contributed by atoms with van der Waals surface area (Å²) in [4.78, 5) is 11.3. The second-order valence-corrected chi connectivity index (χ2v) is 6.69. The number of fused-ring (bicyclic) bond motifs is 2. The number of anilines is 1. The van der Waals surface area contributed by atoms with Crippen molar-refractivity contribution in [1.29, 1.82) is 0 Å². The smallest absolute Gasteiger partial charge is 0.291 e. The van der Waals surface area contributed by atoms with Gasteiger partial charge in [-0.15, -0.1) is 0 Å². The van der Waals surface area contributed by atoms with Crippen molar-refractivity contribution in [3.05, 3.63) is 22.8 Å². The molecule has 5 nitrogen and oxygen atoms in total. The number of aliphatic imine (C=N–C) groups is 1. The molecule has 0 aliphatic carbocycles. The van der Waals surface area contributed by atoms with Crippen LogP contribution in [0.3, 0.4) is 0 Å². The molecule has 0 saturated carbocycles. The summed E-state index contributed by atoms with van der Waals surface area (Å²) < 4.78 is 6.22. The number of piperidine rings is 3. The summed E-state index contributed by atoms with van der Waals surface area (Å²) in [7, 11) is 0. The van der Waals surface area contributed by atoms with Crippen LogP contribution in [0.2, 0.25) is 5.02 Å². The van der Waals surface area contributed by atoms with Crippen molar-refractivity contribution in [2.24, 2.45) is 10.9 Å². The van der Waals surface area contributed by atoms with Crippen molar-refractivity contribution in [3.63, 3.8) is 0 Å². The molecule has 1 aromatic heterocycles. The van der Waals surface area contributed by atoms with Gasteiger partial charge in [-0.05, 0) is 44.5 Å². The van der Waals surface area contributed by atoms with Crippen LogP contribution in [0.5, 0.6) is 0 Å². The Balaban J connectivity index is 1.47. The first kappa shape index (κ1) is 13.3. The molecule has 0 aromatic carbocycles. The summed E-state index contributed by atoms with van der Waals surface area (Å²) in [6.07, 6.45) is 4.10. The number of halogens is 1. The van der Waals surface area contributed by atoms with E-state index in [1.807, 2.05) is 13.0 Å². The van der Waals surface area contributed by atoms with Gasteiger partial charge in [0.1, 0.15) is 11.4 Å². The van der Waals surface area contributed by atoms with Crippen molar-refractivity contribution < 1.29 is 4.74 Å². The van der Waals surface area contributed by atoms with Crippen LogP contribution in [0.25, 0.3) is 0 Å². The van der Waals surface area contributed by atoms with Crippen molar-refractivity contribution >= 4 is 23.4 Å². The first-order valence-electron chi connectivity index (χ1n) is 7.50. The number of nitrogens with one attached hydrogen (secondary N) is 1. The topological polar surface area (TPSA) is 49.8 Å². The Morgan fingerprint density at radius 3 is 2.90 bits per heavy atom. The molecular weight excluding hydrogens is 288 g/mol. The maximum atomic E-state index is 6.22. The molecule has 5 rings (SSSR count). The Kier molecular flexibility index (Phi) is 3.08. The van der Waals surface area contributed by atoms with Gasteiger partial charge >= 0.3 is 0 Å². The molecule has 112 valence electrons. The zero-order valence-electron chi connectivity index (χ0n) is 12.1. The lowest BCUT2D eigenvalue weighted by Gasteiger charge is -2.50. The average molecular weight is 307 g/mol. The molecule has 4 aliphatic rings. The molecule has 4 aliphatic heterocycles. The third-order valence-corrected chi connectivity index (χ3v) is 5.29. The summed E-state index contributed by atoms with van der Waals surface area (Å²) in [5.41, 5.74) is 0.880. The minimum Gasteiger partial charge on any atom is -0.455 e. The zero-order valence-corrected chi connectivity index (χ0v) is 12.9. The molecule has 0 amide bonds. The molecule has 0 radical (unpaired) electrons. The van der Waals surface area contributed by atoms with Gasteiger partial charge < -0.3 is 4.74 Å². The summed E-state index contributed by atoms with van der Waals surface area (Å²) in [6, 6.07) is 2.51. The Labute approximate surface area is 129 Å². The summed E-state index contributed by atoms with van der Waals surface area (Å²) >= 11 is 6.00. The highest BCUT2D eigenvalue weighted by molar-refractivity contribution is 6.31. The molecule has 3 fully saturated rings. The number of aromatic nitrogens is 1. The fourth-order valence-electron chi connectivity index (χ4n) is 3.66. The fraction of sp³-hybridized carbons (Fsp3) is 0.600. The normalized spacial score (nSPS) is 33.9. The average Bonchev–Trinajstić information content (AvgIpc) is 2.87. The lowest BCUT2D eigenvalue weighted by atomic mass is 9.75. The Morgan fingerprint density at radius 1 is 1.43 bits per heavy atom. The highest BCUT2D eigenvalue weighted by atomic mass is 35.5. The molecule has 3 saturated heterocycles. The molecule has 1 N–H and O–H groups in total. The van der Waals surface area contributed by atoms with Gasteiger partial charge in [-0.25, -0.2) is 9.98 Å². The predicted octanol–water partition coefficient (Wildman–Crippen LogP) is 2.31. The van der Waals surface area contributed by atoms with Crippen LogP contribution in [0.4, 0.5) is 5.82 Å². The maximum absolute atomic E-state index is 6.22. The molecule has 5 heterocycles. The predicted molar refractivity (Wildman–Crippen MR) is 82.9 cm³/mol. The van der Waals surface area contributed by atoms with E-state index in [-0.39, 0.29) is 5.60 Å². The number of amidine groups is 1. The van der Waals surface area contributed by atoms with Crippen molar-refractivity contribution in [1.82, 2.24) is 9.88 Å². The second-order valence-electron chi connectivity index (χ2n) is 6.28. The van der Waals surface area contributed by atoms with Crippen LogP contribution in [-0.2, 0) is 4.74 Å². The summed E-state index contributed by atoms with van der Waals surface area (Å²) in [5, 5.41) is 3.85. The van der Waals surface area contributed by atoms with Gasteiger partial charge in [-0.1, -0.05) is 11.6 Å². The number of ether oxygens (including phenoxy) is 1. The lowest BCUT2D eigenvalue weighted by molar-refractivity contribution is -0.0829. The minimum atomic E-state index is -0.111. The SMILES string of the molecule is Cc1cc(NC2=NC[C@]3(CN4CCC3CC4)O2)ncc1Cl. The third kappa shape index (κ3) is 2.28. The van der Waals surface area contributed by atoms with E-state index in [9.17, 15) is 0 Å². The van der Waals surface area contributed by atoms with E-state index in [1.165, 1.54) is 25.9 Å². The van der Waals surface area contributed by atoms with E-state index in [1.54, 1.807) is 6.20 Å². The maximum Gasteiger partial charge on any atom is 0.291 e.